The summed E-state index contributed by atoms with van der Waals surface area (Å²) in [5.74, 6) is 0.623. The minimum absolute atomic E-state index is 0.0573. The standard InChI is InChI=1S/C22H22N2O/c1-15(2)13-24-14-16(17-8-4-7-11-21(17)24)12-19-18-9-5-6-10-20(18)23(3)22(19)25/h4-12,14-15H,13H2,1-3H3/b19-12+. The molecular formula is C22H22N2O. The van der Waals surface area contributed by atoms with Crippen LogP contribution in [0.25, 0.3) is 22.6 Å². The highest BCUT2D eigenvalue weighted by Crippen LogP contribution is 2.37. The van der Waals surface area contributed by atoms with Crippen LogP contribution < -0.4 is 4.90 Å². The van der Waals surface area contributed by atoms with Gasteiger partial charge in [-0.15, -0.1) is 0 Å². The first-order chi connectivity index (χ1) is 12.1. The summed E-state index contributed by atoms with van der Waals surface area (Å²) in [5.41, 5.74) is 5.07. The van der Waals surface area contributed by atoms with Gasteiger partial charge < -0.3 is 9.47 Å². The predicted octanol–water partition coefficient (Wildman–Crippen LogP) is 4.81. The number of likely N-dealkylation sites (N-methyl/N-ethyl adjacent to an activating group) is 1. The number of hydrogen-bond acceptors (Lipinski definition) is 1. The zero-order chi connectivity index (χ0) is 17.6. The summed E-state index contributed by atoms with van der Waals surface area (Å²) < 4.78 is 2.29. The molecular weight excluding hydrogens is 308 g/mol. The summed E-state index contributed by atoms with van der Waals surface area (Å²) in [4.78, 5) is 14.5. The van der Waals surface area contributed by atoms with Crippen molar-refractivity contribution >= 4 is 34.1 Å². The van der Waals surface area contributed by atoms with Crippen molar-refractivity contribution in [1.29, 1.82) is 0 Å². The van der Waals surface area contributed by atoms with Gasteiger partial charge in [0.15, 0.2) is 0 Å². The molecule has 0 fully saturated rings. The first-order valence-corrected chi connectivity index (χ1v) is 8.73. The second kappa shape index (κ2) is 5.92. The Bertz CT molecular complexity index is 994. The van der Waals surface area contributed by atoms with E-state index in [1.807, 2.05) is 37.4 Å². The van der Waals surface area contributed by atoms with Gasteiger partial charge in [-0.05, 0) is 24.1 Å². The van der Waals surface area contributed by atoms with E-state index in [-0.39, 0.29) is 5.91 Å². The van der Waals surface area contributed by atoms with Gasteiger partial charge >= 0.3 is 0 Å². The molecule has 1 aliphatic heterocycles. The van der Waals surface area contributed by atoms with Crippen LogP contribution in [0.4, 0.5) is 5.69 Å². The van der Waals surface area contributed by atoms with Gasteiger partial charge in [-0.3, -0.25) is 4.79 Å². The summed E-state index contributed by atoms with van der Waals surface area (Å²) >= 11 is 0. The third-order valence-corrected chi connectivity index (χ3v) is 4.77. The number of carbonyl (C=O) groups is 1. The molecule has 3 heteroatoms. The maximum Gasteiger partial charge on any atom is 0.258 e. The van der Waals surface area contributed by atoms with E-state index in [9.17, 15) is 4.79 Å². The van der Waals surface area contributed by atoms with E-state index in [4.69, 9.17) is 0 Å². The zero-order valence-electron chi connectivity index (χ0n) is 14.9. The van der Waals surface area contributed by atoms with Gasteiger partial charge in [0, 0.05) is 47.4 Å². The molecule has 2 aromatic carbocycles. The average molecular weight is 330 g/mol. The van der Waals surface area contributed by atoms with Gasteiger partial charge in [0.1, 0.15) is 0 Å². The van der Waals surface area contributed by atoms with Crippen molar-refractivity contribution in [3.63, 3.8) is 0 Å². The molecule has 0 aliphatic carbocycles. The number of carbonyl (C=O) groups excluding carboxylic acids is 1. The largest absolute Gasteiger partial charge is 0.347 e. The Labute approximate surface area is 148 Å². The molecule has 0 unspecified atom stereocenters. The fraction of sp³-hybridized carbons (Fsp3) is 0.227. The Morgan fingerprint density at radius 1 is 1.04 bits per heavy atom. The molecule has 25 heavy (non-hydrogen) atoms. The molecule has 0 saturated carbocycles. The lowest BCUT2D eigenvalue weighted by molar-refractivity contribution is -0.112. The fourth-order valence-electron chi connectivity index (χ4n) is 3.63. The van der Waals surface area contributed by atoms with Crippen molar-refractivity contribution in [2.75, 3.05) is 11.9 Å². The summed E-state index contributed by atoms with van der Waals surface area (Å²) in [6.07, 6.45) is 4.22. The van der Waals surface area contributed by atoms with Gasteiger partial charge in [-0.2, -0.15) is 0 Å². The van der Waals surface area contributed by atoms with Crippen LogP contribution >= 0.6 is 0 Å². The monoisotopic (exact) mass is 330 g/mol. The number of benzene rings is 2. The van der Waals surface area contributed by atoms with Gasteiger partial charge in [-0.25, -0.2) is 0 Å². The number of aromatic nitrogens is 1. The van der Waals surface area contributed by atoms with E-state index < -0.39 is 0 Å². The fourth-order valence-corrected chi connectivity index (χ4v) is 3.63. The molecule has 3 nitrogen and oxygen atoms in total. The molecule has 0 bridgehead atoms. The highest BCUT2D eigenvalue weighted by molar-refractivity contribution is 6.36. The van der Waals surface area contributed by atoms with E-state index >= 15 is 0 Å². The lowest BCUT2D eigenvalue weighted by Crippen LogP contribution is -2.20. The SMILES string of the molecule is CC(C)Cn1cc(/C=C2/C(=O)N(C)c3ccccc32)c2ccccc21. The predicted molar refractivity (Wildman–Crippen MR) is 104 cm³/mol. The summed E-state index contributed by atoms with van der Waals surface area (Å²) in [7, 11) is 1.84. The summed E-state index contributed by atoms with van der Waals surface area (Å²) in [6, 6.07) is 16.4. The molecule has 0 atom stereocenters. The first-order valence-electron chi connectivity index (χ1n) is 8.73. The van der Waals surface area contributed by atoms with E-state index in [0.717, 1.165) is 28.9 Å². The Balaban J connectivity index is 1.89. The van der Waals surface area contributed by atoms with E-state index in [2.05, 4.69) is 48.9 Å². The van der Waals surface area contributed by atoms with Crippen LogP contribution in [0.2, 0.25) is 0 Å². The Morgan fingerprint density at radius 3 is 2.56 bits per heavy atom. The smallest absolute Gasteiger partial charge is 0.258 e. The molecule has 1 amide bonds. The molecule has 4 rings (SSSR count). The number of hydrogen-bond donors (Lipinski definition) is 0. The quantitative estimate of drug-likeness (QED) is 0.632. The maximum absolute atomic E-state index is 12.7. The molecule has 2 heterocycles. The van der Waals surface area contributed by atoms with Crippen LogP contribution in [0, 0.1) is 5.92 Å². The second-order valence-corrected chi connectivity index (χ2v) is 7.09. The number of rotatable bonds is 3. The minimum atomic E-state index is 0.0573. The molecule has 0 saturated heterocycles. The Hall–Kier alpha value is -2.81. The second-order valence-electron chi connectivity index (χ2n) is 7.09. The van der Waals surface area contributed by atoms with E-state index in [0.29, 0.717) is 5.92 Å². The number of fused-ring (bicyclic) bond motifs is 2. The number of nitrogens with zero attached hydrogens (tertiary/aromatic N) is 2. The lowest BCUT2D eigenvalue weighted by atomic mass is 10.0. The van der Waals surface area contributed by atoms with Crippen molar-refractivity contribution in [2.45, 2.75) is 20.4 Å². The normalized spacial score (nSPS) is 15.6. The van der Waals surface area contributed by atoms with E-state index in [1.165, 1.54) is 10.9 Å². The molecule has 1 aliphatic rings. The van der Waals surface area contributed by atoms with Gasteiger partial charge in [0.05, 0.1) is 5.69 Å². The van der Waals surface area contributed by atoms with Crippen LogP contribution in [0.3, 0.4) is 0 Å². The van der Waals surface area contributed by atoms with Gasteiger partial charge in [0.25, 0.3) is 5.91 Å². The molecule has 126 valence electrons. The third kappa shape index (κ3) is 2.56. The number of anilines is 1. The zero-order valence-corrected chi connectivity index (χ0v) is 14.9. The molecule has 0 radical (unpaired) electrons. The lowest BCUT2D eigenvalue weighted by Gasteiger charge is -2.07. The topological polar surface area (TPSA) is 25.2 Å². The van der Waals surface area contributed by atoms with Crippen molar-refractivity contribution in [2.24, 2.45) is 5.92 Å². The van der Waals surface area contributed by atoms with Crippen LogP contribution in [0.15, 0.2) is 54.7 Å². The number of amides is 1. The van der Waals surface area contributed by atoms with Gasteiger partial charge in [0.2, 0.25) is 0 Å². The van der Waals surface area contributed by atoms with Crippen molar-refractivity contribution < 1.29 is 4.79 Å². The maximum atomic E-state index is 12.7. The molecule has 0 N–H and O–H groups in total. The molecule has 0 spiro atoms. The van der Waals surface area contributed by atoms with Gasteiger partial charge in [-0.1, -0.05) is 50.2 Å². The highest BCUT2D eigenvalue weighted by Gasteiger charge is 2.29. The summed E-state index contributed by atoms with van der Waals surface area (Å²) in [6.45, 7) is 5.41. The first kappa shape index (κ1) is 15.7. The van der Waals surface area contributed by atoms with Crippen molar-refractivity contribution in [3.05, 3.63) is 65.9 Å². The number of para-hydroxylation sites is 2. The molecule has 3 aromatic rings. The van der Waals surface area contributed by atoms with Crippen molar-refractivity contribution in [1.82, 2.24) is 4.57 Å². The Kier molecular flexibility index (Phi) is 3.72. The Morgan fingerprint density at radius 2 is 1.76 bits per heavy atom. The van der Waals surface area contributed by atoms with Crippen molar-refractivity contribution in [3.8, 4) is 0 Å². The highest BCUT2D eigenvalue weighted by atomic mass is 16.2. The minimum Gasteiger partial charge on any atom is -0.347 e. The average Bonchev–Trinajstić information content (AvgIpc) is 3.06. The summed E-state index contributed by atoms with van der Waals surface area (Å²) in [5, 5.41) is 1.19. The van der Waals surface area contributed by atoms with Crippen LogP contribution in [0.5, 0.6) is 0 Å². The van der Waals surface area contributed by atoms with Crippen LogP contribution in [0.1, 0.15) is 25.0 Å². The molecule has 1 aromatic heterocycles. The van der Waals surface area contributed by atoms with Crippen LogP contribution in [-0.2, 0) is 11.3 Å². The third-order valence-electron chi connectivity index (χ3n) is 4.77. The van der Waals surface area contributed by atoms with Crippen LogP contribution in [-0.4, -0.2) is 17.5 Å². The van der Waals surface area contributed by atoms with E-state index in [1.54, 1.807) is 4.90 Å².